The van der Waals surface area contributed by atoms with Gasteiger partial charge in [0.2, 0.25) is 11.9 Å². The highest BCUT2D eigenvalue weighted by atomic mass is 16.5. The molecule has 14 heteroatoms. The first-order chi connectivity index (χ1) is 22.9. The molecule has 4 rings (SSSR count). The van der Waals surface area contributed by atoms with Gasteiger partial charge in [-0.2, -0.15) is 10.2 Å². The highest BCUT2D eigenvalue weighted by Crippen LogP contribution is 2.27. The van der Waals surface area contributed by atoms with Crippen molar-refractivity contribution in [2.45, 2.75) is 38.6 Å². The molecule has 14 nitrogen and oxygen atoms in total. The van der Waals surface area contributed by atoms with Gasteiger partial charge in [0.1, 0.15) is 0 Å². The van der Waals surface area contributed by atoms with Gasteiger partial charge in [-0.25, -0.2) is 9.59 Å². The second kappa shape index (κ2) is 15.8. The van der Waals surface area contributed by atoms with Crippen LogP contribution >= 0.6 is 0 Å². The van der Waals surface area contributed by atoms with E-state index in [1.54, 1.807) is 18.2 Å². The molecule has 0 saturated heterocycles. The van der Waals surface area contributed by atoms with E-state index in [4.69, 9.17) is 4.74 Å². The molecule has 48 heavy (non-hydrogen) atoms. The van der Waals surface area contributed by atoms with E-state index in [2.05, 4.69) is 32.8 Å². The Labute approximate surface area is 274 Å². The number of ketones is 2. The van der Waals surface area contributed by atoms with Gasteiger partial charge in [0.05, 0.1) is 24.3 Å². The lowest BCUT2D eigenvalue weighted by atomic mass is 10.0. The van der Waals surface area contributed by atoms with E-state index in [1.807, 2.05) is 0 Å². The molecule has 246 valence electrons. The number of ether oxygens (including phenoxy) is 1. The van der Waals surface area contributed by atoms with Gasteiger partial charge in [-0.15, -0.1) is 0 Å². The molecule has 1 aliphatic rings. The van der Waals surface area contributed by atoms with Crippen LogP contribution in [0.15, 0.2) is 83.5 Å². The van der Waals surface area contributed by atoms with Crippen molar-refractivity contribution in [3.05, 3.63) is 95.6 Å². The van der Waals surface area contributed by atoms with Crippen molar-refractivity contribution >= 4 is 64.0 Å². The maximum absolute atomic E-state index is 13.0. The number of unbranched alkanes of at least 4 members (excludes halogenated alkanes) is 1. The smallest absolute Gasteiger partial charge is 0.335 e. The lowest BCUT2D eigenvalue weighted by Crippen LogP contribution is -2.31. The fraction of sp³-hybridized carbons (Fsp3) is 0.206. The molecule has 0 radical (unpaired) electrons. The van der Waals surface area contributed by atoms with Crippen molar-refractivity contribution in [1.82, 2.24) is 0 Å². The highest BCUT2D eigenvalue weighted by molar-refractivity contribution is 6.11. The second-order valence-corrected chi connectivity index (χ2v) is 10.7. The lowest BCUT2D eigenvalue weighted by molar-refractivity contribution is -0.138. The largest absolute Gasteiger partial charge is 0.478 e. The van der Waals surface area contributed by atoms with Crippen molar-refractivity contribution in [3.8, 4) is 0 Å². The van der Waals surface area contributed by atoms with Gasteiger partial charge in [0.15, 0.2) is 11.6 Å². The minimum Gasteiger partial charge on any atom is -0.478 e. The Morgan fingerprint density at radius 1 is 0.938 bits per heavy atom. The van der Waals surface area contributed by atoms with E-state index >= 15 is 0 Å². The molecule has 0 fully saturated rings. The molecule has 3 aromatic carbocycles. The predicted octanol–water partition coefficient (Wildman–Crippen LogP) is 4.89. The zero-order chi connectivity index (χ0) is 34.8. The standard InChI is InChI=1S/C34H31N5O9/c1-3-30(43)48-13-5-4-6-28(41)22-14-23(34(46)47)16-26(15-22)36-32(44)20-7-10-24(11-8-20)38-39-31(19(2)40)33(45)35-25-12-9-21-17-29(42)37-27(21)18-25/h3,7-12,14-16,18,31H,1,4-6,13,17H2,2H3,(H,35,45)(H,36,44)(H,37,42)(H,46,47). The Kier molecular flexibility index (Phi) is 11.4. The zero-order valence-corrected chi connectivity index (χ0v) is 25.8. The van der Waals surface area contributed by atoms with Gasteiger partial charge in [-0.1, -0.05) is 12.6 Å². The first-order valence-corrected chi connectivity index (χ1v) is 14.7. The van der Waals surface area contributed by atoms with Crippen LogP contribution in [0.5, 0.6) is 0 Å². The summed E-state index contributed by atoms with van der Waals surface area (Å²) in [5.74, 6) is -4.24. The van der Waals surface area contributed by atoms with E-state index in [0.717, 1.165) is 11.6 Å². The molecule has 4 N–H and O–H groups in total. The highest BCUT2D eigenvalue weighted by Gasteiger charge is 2.24. The monoisotopic (exact) mass is 653 g/mol. The molecule has 3 amide bonds. The minimum atomic E-state index is -1.45. The number of hydrogen-bond donors (Lipinski definition) is 4. The van der Waals surface area contributed by atoms with Crippen molar-refractivity contribution in [1.29, 1.82) is 0 Å². The summed E-state index contributed by atoms with van der Waals surface area (Å²) in [7, 11) is 0. The fourth-order valence-electron chi connectivity index (χ4n) is 4.58. The Bertz CT molecular complexity index is 1830. The van der Waals surface area contributed by atoms with Crippen LogP contribution in [0.2, 0.25) is 0 Å². The summed E-state index contributed by atoms with van der Waals surface area (Å²) in [6, 6.07) is 13.0. The summed E-state index contributed by atoms with van der Waals surface area (Å²) < 4.78 is 4.87. The zero-order valence-electron chi connectivity index (χ0n) is 25.8. The third-order valence-electron chi connectivity index (χ3n) is 7.02. The number of carbonyl (C=O) groups is 7. The number of Topliss-reactive ketones (excluding diaryl/α,β-unsaturated/α-hetero) is 2. The fourth-order valence-corrected chi connectivity index (χ4v) is 4.58. The van der Waals surface area contributed by atoms with Crippen LogP contribution in [0.1, 0.15) is 62.8 Å². The van der Waals surface area contributed by atoms with Gasteiger partial charge in [-0.3, -0.25) is 24.0 Å². The van der Waals surface area contributed by atoms with Crippen LogP contribution in [-0.2, 0) is 30.3 Å². The maximum atomic E-state index is 13.0. The molecular weight excluding hydrogens is 622 g/mol. The number of amides is 3. The molecule has 1 heterocycles. The lowest BCUT2D eigenvalue weighted by Gasteiger charge is -2.11. The number of carboxylic acid groups (broad SMARTS) is 1. The molecule has 0 saturated carbocycles. The molecular formula is C34H31N5O9. The molecule has 0 aromatic heterocycles. The number of hydrogen-bond acceptors (Lipinski definition) is 10. The minimum absolute atomic E-state index is 0.0674. The Morgan fingerprint density at radius 3 is 2.35 bits per heavy atom. The second-order valence-electron chi connectivity index (χ2n) is 10.7. The number of fused-ring (bicyclic) bond motifs is 1. The van der Waals surface area contributed by atoms with E-state index in [-0.39, 0.29) is 59.2 Å². The molecule has 1 unspecified atom stereocenters. The molecule has 0 aliphatic carbocycles. The van der Waals surface area contributed by atoms with Crippen molar-refractivity contribution in [2.75, 3.05) is 22.6 Å². The SMILES string of the molecule is C=CC(=O)OCCCCC(=O)c1cc(NC(=O)c2ccc(N=NC(C(C)=O)C(=O)Nc3ccc4c(c3)NC(=O)C4)cc2)cc(C(=O)O)c1. The first-order valence-electron chi connectivity index (χ1n) is 14.7. The first kappa shape index (κ1) is 34.6. The number of nitrogens with one attached hydrogen (secondary N) is 3. The number of aromatic carboxylic acids is 1. The predicted molar refractivity (Wildman–Crippen MR) is 174 cm³/mol. The molecule has 0 bridgehead atoms. The van der Waals surface area contributed by atoms with Gasteiger partial charge in [0, 0.05) is 40.7 Å². The summed E-state index contributed by atoms with van der Waals surface area (Å²) in [6.07, 6.45) is 2.16. The van der Waals surface area contributed by atoms with E-state index in [1.165, 1.54) is 49.4 Å². The molecule has 1 aliphatic heterocycles. The number of rotatable bonds is 15. The molecule has 3 aromatic rings. The Hall–Kier alpha value is -6.31. The quantitative estimate of drug-likeness (QED) is 0.0438. The van der Waals surface area contributed by atoms with Gasteiger partial charge >= 0.3 is 11.9 Å². The number of anilines is 3. The number of azo groups is 1. The van der Waals surface area contributed by atoms with Crippen molar-refractivity contribution < 1.29 is 43.4 Å². The van der Waals surface area contributed by atoms with Crippen LogP contribution in [0.25, 0.3) is 0 Å². The van der Waals surface area contributed by atoms with Crippen LogP contribution in [0.4, 0.5) is 22.7 Å². The van der Waals surface area contributed by atoms with E-state index in [9.17, 15) is 38.7 Å². The van der Waals surface area contributed by atoms with Crippen LogP contribution < -0.4 is 16.0 Å². The number of carbonyl (C=O) groups excluding carboxylic acids is 6. The normalized spacial score (nSPS) is 12.4. The average Bonchev–Trinajstić information content (AvgIpc) is 3.43. The number of benzene rings is 3. The number of esters is 1. The average molecular weight is 654 g/mol. The van der Waals surface area contributed by atoms with E-state index < -0.39 is 35.6 Å². The van der Waals surface area contributed by atoms with E-state index in [0.29, 0.717) is 24.2 Å². The van der Waals surface area contributed by atoms with Gasteiger partial charge < -0.3 is 25.8 Å². The molecule has 0 spiro atoms. The summed E-state index contributed by atoms with van der Waals surface area (Å²) in [5.41, 5.74) is 2.13. The Balaban J connectivity index is 1.38. The number of nitrogens with zero attached hydrogens (tertiary/aromatic N) is 2. The van der Waals surface area contributed by atoms with Crippen LogP contribution in [0, 0.1) is 0 Å². The van der Waals surface area contributed by atoms with Crippen LogP contribution in [-0.4, -0.2) is 59.0 Å². The van der Waals surface area contributed by atoms with Crippen molar-refractivity contribution in [3.63, 3.8) is 0 Å². The summed E-state index contributed by atoms with van der Waals surface area (Å²) in [5, 5.41) is 25.3. The third kappa shape index (κ3) is 9.36. The maximum Gasteiger partial charge on any atom is 0.335 e. The summed E-state index contributed by atoms with van der Waals surface area (Å²) in [6.45, 7) is 4.61. The summed E-state index contributed by atoms with van der Waals surface area (Å²) in [4.78, 5) is 85.1. The topological polar surface area (TPSA) is 210 Å². The summed E-state index contributed by atoms with van der Waals surface area (Å²) >= 11 is 0. The van der Waals surface area contributed by atoms with Gasteiger partial charge in [-0.05, 0) is 79.9 Å². The third-order valence-corrected chi connectivity index (χ3v) is 7.02. The van der Waals surface area contributed by atoms with Crippen LogP contribution in [0.3, 0.4) is 0 Å². The van der Waals surface area contributed by atoms with Crippen molar-refractivity contribution in [2.24, 2.45) is 10.2 Å². The number of carboxylic acids is 1. The van der Waals surface area contributed by atoms with Gasteiger partial charge in [0.25, 0.3) is 11.8 Å². The Morgan fingerprint density at radius 2 is 1.67 bits per heavy atom. The molecule has 1 atom stereocenters.